The lowest BCUT2D eigenvalue weighted by molar-refractivity contribution is -0.139. The van der Waals surface area contributed by atoms with Crippen molar-refractivity contribution in [2.75, 3.05) is 31.6 Å². The van der Waals surface area contributed by atoms with E-state index < -0.39 is 12.0 Å². The Labute approximate surface area is 131 Å². The van der Waals surface area contributed by atoms with Crippen molar-refractivity contribution in [1.82, 2.24) is 15.5 Å². The van der Waals surface area contributed by atoms with Gasteiger partial charge >= 0.3 is 12.0 Å². The van der Waals surface area contributed by atoms with Gasteiger partial charge in [0.1, 0.15) is 6.04 Å². The van der Waals surface area contributed by atoms with Crippen molar-refractivity contribution in [1.29, 1.82) is 0 Å². The zero-order valence-electron chi connectivity index (χ0n) is 13.1. The summed E-state index contributed by atoms with van der Waals surface area (Å²) in [5.74, 6) is 0.183. The number of nitrogens with one attached hydrogen (secondary N) is 2. The number of aliphatic carboxylic acids is 1. The molecule has 2 unspecified atom stereocenters. The summed E-state index contributed by atoms with van der Waals surface area (Å²) in [4.78, 5) is 25.2. The van der Waals surface area contributed by atoms with Gasteiger partial charge in [0.2, 0.25) is 0 Å². The smallest absolute Gasteiger partial charge is 0.326 e. The van der Waals surface area contributed by atoms with Crippen molar-refractivity contribution < 1.29 is 14.7 Å². The van der Waals surface area contributed by atoms with Gasteiger partial charge in [0.05, 0.1) is 0 Å². The molecule has 1 rings (SSSR count). The van der Waals surface area contributed by atoms with Crippen molar-refractivity contribution in [3.05, 3.63) is 0 Å². The largest absolute Gasteiger partial charge is 0.480 e. The second kappa shape index (κ2) is 9.15. The number of hydrogen-bond donors (Lipinski definition) is 3. The van der Waals surface area contributed by atoms with E-state index in [0.717, 1.165) is 19.5 Å². The standard InChI is InChI=1S/C14H27N3O3S/c1-10(2)17-6-4-11(9-17)8-15-14(20)16-12(13(18)19)5-7-21-3/h10-12H,4-9H2,1-3H3,(H,18,19)(H2,15,16,20). The van der Waals surface area contributed by atoms with E-state index in [1.54, 1.807) is 11.8 Å². The Kier molecular flexibility index (Phi) is 7.88. The molecule has 21 heavy (non-hydrogen) atoms. The first-order valence-electron chi connectivity index (χ1n) is 7.44. The van der Waals surface area contributed by atoms with Gasteiger partial charge in [0, 0.05) is 19.1 Å². The molecular weight excluding hydrogens is 290 g/mol. The highest BCUT2D eigenvalue weighted by Gasteiger charge is 2.25. The first-order chi connectivity index (χ1) is 9.93. The van der Waals surface area contributed by atoms with Crippen LogP contribution in [0.1, 0.15) is 26.7 Å². The molecule has 7 heteroatoms. The second-order valence-electron chi connectivity index (χ2n) is 5.77. The van der Waals surface area contributed by atoms with Gasteiger partial charge < -0.3 is 20.6 Å². The Morgan fingerprint density at radius 3 is 2.67 bits per heavy atom. The molecular formula is C14H27N3O3S. The minimum atomic E-state index is -0.981. The third-order valence-electron chi connectivity index (χ3n) is 3.81. The normalized spacial score (nSPS) is 20.5. The maximum Gasteiger partial charge on any atom is 0.326 e. The highest BCUT2D eigenvalue weighted by molar-refractivity contribution is 7.98. The van der Waals surface area contributed by atoms with Gasteiger partial charge in [-0.3, -0.25) is 0 Å². The number of amides is 2. The van der Waals surface area contributed by atoms with Crippen molar-refractivity contribution in [3.63, 3.8) is 0 Å². The van der Waals surface area contributed by atoms with Crippen molar-refractivity contribution in [2.24, 2.45) is 5.92 Å². The summed E-state index contributed by atoms with van der Waals surface area (Å²) in [5.41, 5.74) is 0. The Bertz CT molecular complexity index is 352. The molecule has 0 radical (unpaired) electrons. The van der Waals surface area contributed by atoms with Crippen LogP contribution < -0.4 is 10.6 Å². The third kappa shape index (κ3) is 6.56. The molecule has 0 aliphatic carbocycles. The van der Waals surface area contributed by atoms with Crippen LogP contribution in [0.2, 0.25) is 0 Å². The van der Waals surface area contributed by atoms with Crippen LogP contribution in [0.15, 0.2) is 0 Å². The fraction of sp³-hybridized carbons (Fsp3) is 0.857. The molecule has 0 spiro atoms. The monoisotopic (exact) mass is 317 g/mol. The average Bonchev–Trinajstić information content (AvgIpc) is 2.90. The maximum atomic E-state index is 11.8. The summed E-state index contributed by atoms with van der Waals surface area (Å²) in [5, 5.41) is 14.4. The van der Waals surface area contributed by atoms with Crippen LogP contribution in [-0.2, 0) is 4.79 Å². The van der Waals surface area contributed by atoms with E-state index in [4.69, 9.17) is 5.11 Å². The molecule has 0 aromatic carbocycles. The number of carbonyl (C=O) groups is 2. The summed E-state index contributed by atoms with van der Waals surface area (Å²) < 4.78 is 0. The molecule has 1 fully saturated rings. The minimum Gasteiger partial charge on any atom is -0.480 e. The first kappa shape index (κ1) is 18.1. The molecule has 1 aliphatic rings. The van der Waals surface area contributed by atoms with Gasteiger partial charge in [0.25, 0.3) is 0 Å². The highest BCUT2D eigenvalue weighted by atomic mass is 32.2. The molecule has 3 N–H and O–H groups in total. The number of carbonyl (C=O) groups excluding carboxylic acids is 1. The minimum absolute atomic E-state index is 0.383. The van der Waals surface area contributed by atoms with Crippen LogP contribution in [0.5, 0.6) is 0 Å². The Hall–Kier alpha value is -0.950. The zero-order valence-corrected chi connectivity index (χ0v) is 13.9. The molecule has 1 saturated heterocycles. The molecule has 6 nitrogen and oxygen atoms in total. The molecule has 0 aromatic heterocycles. The molecule has 1 aliphatic heterocycles. The maximum absolute atomic E-state index is 11.8. The Morgan fingerprint density at radius 2 is 2.14 bits per heavy atom. The molecule has 2 atom stereocenters. The quantitative estimate of drug-likeness (QED) is 0.627. The Balaban J connectivity index is 2.28. The summed E-state index contributed by atoms with van der Waals surface area (Å²) >= 11 is 1.57. The average molecular weight is 317 g/mol. The van der Waals surface area contributed by atoms with Gasteiger partial charge in [0.15, 0.2) is 0 Å². The fourth-order valence-electron chi connectivity index (χ4n) is 2.44. The lowest BCUT2D eigenvalue weighted by Gasteiger charge is -2.20. The lowest BCUT2D eigenvalue weighted by atomic mass is 10.1. The Morgan fingerprint density at radius 1 is 1.43 bits per heavy atom. The van der Waals surface area contributed by atoms with Crippen LogP contribution in [-0.4, -0.2) is 65.7 Å². The highest BCUT2D eigenvalue weighted by Crippen LogP contribution is 2.17. The van der Waals surface area contributed by atoms with Gasteiger partial charge in [-0.1, -0.05) is 0 Å². The first-order valence-corrected chi connectivity index (χ1v) is 8.83. The number of rotatable bonds is 8. The van der Waals surface area contributed by atoms with Crippen LogP contribution in [0.4, 0.5) is 4.79 Å². The number of nitrogens with zero attached hydrogens (tertiary/aromatic N) is 1. The number of thioether (sulfide) groups is 1. The summed E-state index contributed by atoms with van der Waals surface area (Å²) in [6.45, 7) is 7.01. The fourth-order valence-corrected chi connectivity index (χ4v) is 2.91. The molecule has 0 bridgehead atoms. The van der Waals surface area contributed by atoms with Crippen molar-refractivity contribution in [2.45, 2.75) is 38.8 Å². The van der Waals surface area contributed by atoms with Crippen molar-refractivity contribution in [3.8, 4) is 0 Å². The van der Waals surface area contributed by atoms with E-state index in [0.29, 0.717) is 30.7 Å². The number of carboxylic acid groups (broad SMARTS) is 1. The van der Waals surface area contributed by atoms with Crippen LogP contribution in [0, 0.1) is 5.92 Å². The number of carboxylic acids is 1. The predicted molar refractivity (Wildman–Crippen MR) is 85.8 cm³/mol. The van der Waals surface area contributed by atoms with Gasteiger partial charge in [-0.05, 0) is 51.2 Å². The van der Waals surface area contributed by atoms with E-state index in [-0.39, 0.29) is 6.03 Å². The van der Waals surface area contributed by atoms with E-state index >= 15 is 0 Å². The van der Waals surface area contributed by atoms with E-state index in [1.807, 2.05) is 6.26 Å². The second-order valence-corrected chi connectivity index (χ2v) is 6.76. The summed E-state index contributed by atoms with van der Waals surface area (Å²) in [6.07, 6.45) is 3.43. The SMILES string of the molecule is CSCCC(NC(=O)NCC1CCN(C(C)C)C1)C(=O)O. The summed E-state index contributed by atoms with van der Waals surface area (Å²) in [6, 6.07) is -0.661. The van der Waals surface area contributed by atoms with Crippen LogP contribution >= 0.6 is 11.8 Å². The summed E-state index contributed by atoms with van der Waals surface area (Å²) in [7, 11) is 0. The molecule has 122 valence electrons. The third-order valence-corrected chi connectivity index (χ3v) is 4.46. The molecule has 1 heterocycles. The van der Waals surface area contributed by atoms with E-state index in [2.05, 4.69) is 29.4 Å². The van der Waals surface area contributed by atoms with Crippen molar-refractivity contribution >= 4 is 23.8 Å². The van der Waals surface area contributed by atoms with Crippen LogP contribution in [0.25, 0.3) is 0 Å². The van der Waals surface area contributed by atoms with E-state index in [1.165, 1.54) is 0 Å². The molecule has 0 saturated carbocycles. The zero-order chi connectivity index (χ0) is 15.8. The number of likely N-dealkylation sites (tertiary alicyclic amines) is 1. The van der Waals surface area contributed by atoms with Crippen LogP contribution in [0.3, 0.4) is 0 Å². The van der Waals surface area contributed by atoms with E-state index in [9.17, 15) is 9.59 Å². The number of urea groups is 1. The lowest BCUT2D eigenvalue weighted by Crippen LogP contribution is -2.47. The van der Waals surface area contributed by atoms with Gasteiger partial charge in [-0.15, -0.1) is 0 Å². The number of hydrogen-bond acceptors (Lipinski definition) is 4. The van der Waals surface area contributed by atoms with Gasteiger partial charge in [-0.25, -0.2) is 9.59 Å². The van der Waals surface area contributed by atoms with Gasteiger partial charge in [-0.2, -0.15) is 11.8 Å². The predicted octanol–water partition coefficient (Wildman–Crippen LogP) is 1.22. The molecule has 0 aromatic rings. The topological polar surface area (TPSA) is 81.7 Å². The molecule has 2 amide bonds.